The number of rotatable bonds is 5. The van der Waals surface area contributed by atoms with Crippen molar-refractivity contribution < 1.29 is 17.6 Å². The van der Waals surface area contributed by atoms with E-state index in [4.69, 9.17) is 11.6 Å². The van der Waals surface area contributed by atoms with Crippen molar-refractivity contribution in [1.29, 1.82) is 0 Å². The minimum atomic E-state index is -3.93. The fourth-order valence-electron chi connectivity index (χ4n) is 4.07. The van der Waals surface area contributed by atoms with Crippen molar-refractivity contribution in [3.8, 4) is 0 Å². The summed E-state index contributed by atoms with van der Waals surface area (Å²) in [7, 11) is -3.93. The van der Waals surface area contributed by atoms with Gasteiger partial charge in [-0.25, -0.2) is 12.8 Å². The lowest BCUT2D eigenvalue weighted by molar-refractivity contribution is 0.102. The van der Waals surface area contributed by atoms with Crippen molar-refractivity contribution in [2.24, 2.45) is 0 Å². The Bertz CT molecular complexity index is 1330. The van der Waals surface area contributed by atoms with Gasteiger partial charge in [-0.05, 0) is 61.9 Å². The number of carbonyl (C=O) groups excluding carboxylic acids is 1. The van der Waals surface area contributed by atoms with Crippen molar-refractivity contribution in [3.05, 3.63) is 88.7 Å². The fraction of sp³-hybridized carbons (Fsp3) is 0.240. The highest BCUT2D eigenvalue weighted by atomic mass is 35.5. The average molecular weight is 502 g/mol. The molecule has 1 amide bonds. The predicted octanol–water partition coefficient (Wildman–Crippen LogP) is 4.94. The number of sulfonamides is 1. The Kier molecular flexibility index (Phi) is 6.93. The first-order chi connectivity index (χ1) is 16.2. The third kappa shape index (κ3) is 4.94. The second-order valence-corrected chi connectivity index (χ2v) is 10.7. The number of aryl methyl sites for hydroxylation is 1. The lowest BCUT2D eigenvalue weighted by atomic mass is 10.1. The Morgan fingerprint density at radius 1 is 1.06 bits per heavy atom. The zero-order chi connectivity index (χ0) is 24.5. The van der Waals surface area contributed by atoms with Crippen LogP contribution in [0.4, 0.5) is 15.8 Å². The molecule has 0 aromatic heterocycles. The molecular formula is C25H25ClFN3O3S. The topological polar surface area (TPSA) is 69.7 Å². The standard InChI is InChI=1S/C25H25ClFN3O3S/c1-17-6-5-7-19(14-17)30-13-12-29(16-18(30)2)34(32,33)20-10-11-23(27)21(15-20)25(31)28-24-9-4-3-8-22(24)26/h3-11,14-15,18H,12-13,16H2,1-2H3,(H,28,31). The summed E-state index contributed by atoms with van der Waals surface area (Å²) in [5.74, 6) is -1.60. The number of benzene rings is 3. The molecule has 1 N–H and O–H groups in total. The zero-order valence-corrected chi connectivity index (χ0v) is 20.4. The molecule has 178 valence electrons. The summed E-state index contributed by atoms with van der Waals surface area (Å²) >= 11 is 6.06. The van der Waals surface area contributed by atoms with Crippen molar-refractivity contribution in [2.75, 3.05) is 29.9 Å². The van der Waals surface area contributed by atoms with Gasteiger partial charge in [0.15, 0.2) is 0 Å². The van der Waals surface area contributed by atoms with Crippen LogP contribution in [0.15, 0.2) is 71.6 Å². The van der Waals surface area contributed by atoms with Crippen LogP contribution in [-0.2, 0) is 10.0 Å². The predicted molar refractivity (Wildman–Crippen MR) is 133 cm³/mol. The molecule has 34 heavy (non-hydrogen) atoms. The van der Waals surface area contributed by atoms with E-state index in [0.717, 1.165) is 23.4 Å². The molecule has 0 bridgehead atoms. The normalized spacial score (nSPS) is 16.9. The highest BCUT2D eigenvalue weighted by Crippen LogP contribution is 2.27. The largest absolute Gasteiger partial charge is 0.366 e. The fourth-order valence-corrected chi connectivity index (χ4v) is 5.79. The van der Waals surface area contributed by atoms with Crippen molar-refractivity contribution in [1.82, 2.24) is 4.31 Å². The number of hydrogen-bond acceptors (Lipinski definition) is 4. The molecule has 1 saturated heterocycles. The molecule has 3 aromatic rings. The van der Waals surface area contributed by atoms with E-state index in [9.17, 15) is 17.6 Å². The van der Waals surface area contributed by atoms with Gasteiger partial charge in [0.25, 0.3) is 5.91 Å². The average Bonchev–Trinajstić information content (AvgIpc) is 2.80. The minimum Gasteiger partial charge on any atom is -0.366 e. The quantitative estimate of drug-likeness (QED) is 0.537. The number of halogens is 2. The van der Waals surface area contributed by atoms with Crippen molar-refractivity contribution >= 4 is 38.9 Å². The number of nitrogens with zero attached hydrogens (tertiary/aromatic N) is 2. The summed E-state index contributed by atoms with van der Waals surface area (Å²) in [6.07, 6.45) is 0. The van der Waals surface area contributed by atoms with Gasteiger partial charge in [-0.3, -0.25) is 4.79 Å². The minimum absolute atomic E-state index is 0.0613. The van der Waals surface area contributed by atoms with Crippen LogP contribution in [0.1, 0.15) is 22.8 Å². The maximum absolute atomic E-state index is 14.5. The van der Waals surface area contributed by atoms with Crippen LogP contribution < -0.4 is 10.2 Å². The summed E-state index contributed by atoms with van der Waals surface area (Å²) < 4.78 is 42.6. The second-order valence-electron chi connectivity index (χ2n) is 8.32. The molecule has 1 fully saturated rings. The number of nitrogens with one attached hydrogen (secondary N) is 1. The van der Waals surface area contributed by atoms with Gasteiger partial charge in [-0.1, -0.05) is 35.9 Å². The molecular weight excluding hydrogens is 477 g/mol. The van der Waals surface area contributed by atoms with Crippen LogP contribution >= 0.6 is 11.6 Å². The number of anilines is 2. The first-order valence-corrected chi connectivity index (χ1v) is 12.7. The number of carbonyl (C=O) groups is 1. The molecule has 0 spiro atoms. The summed E-state index contributed by atoms with van der Waals surface area (Å²) in [5, 5.41) is 2.83. The van der Waals surface area contributed by atoms with E-state index in [0.29, 0.717) is 17.3 Å². The lowest BCUT2D eigenvalue weighted by Crippen LogP contribution is -2.53. The molecule has 0 radical (unpaired) electrons. The molecule has 6 nitrogen and oxygen atoms in total. The highest BCUT2D eigenvalue weighted by Gasteiger charge is 2.33. The zero-order valence-electron chi connectivity index (χ0n) is 18.8. The maximum atomic E-state index is 14.5. The van der Waals surface area contributed by atoms with Crippen LogP contribution in [-0.4, -0.2) is 44.3 Å². The van der Waals surface area contributed by atoms with Gasteiger partial charge in [0.1, 0.15) is 5.82 Å². The number of para-hydroxylation sites is 1. The number of hydrogen-bond donors (Lipinski definition) is 1. The molecule has 1 aliphatic heterocycles. The van der Waals surface area contributed by atoms with Gasteiger partial charge in [0.2, 0.25) is 10.0 Å². The molecule has 0 saturated carbocycles. The SMILES string of the molecule is Cc1cccc(N2CCN(S(=O)(=O)c3ccc(F)c(C(=O)Nc4ccccc4Cl)c3)CC2C)c1. The van der Waals surface area contributed by atoms with E-state index in [2.05, 4.69) is 16.3 Å². The molecule has 4 rings (SSSR count). The molecule has 1 aliphatic rings. The van der Waals surface area contributed by atoms with Crippen LogP contribution in [0, 0.1) is 12.7 Å². The van der Waals surface area contributed by atoms with Crippen LogP contribution in [0.25, 0.3) is 0 Å². The van der Waals surface area contributed by atoms with Gasteiger partial charge >= 0.3 is 0 Å². The van der Waals surface area contributed by atoms with Gasteiger partial charge in [0.05, 0.1) is 21.2 Å². The summed E-state index contributed by atoms with van der Waals surface area (Å²) in [5.41, 5.74) is 2.12. The third-order valence-corrected chi connectivity index (χ3v) is 8.06. The van der Waals surface area contributed by atoms with Crippen LogP contribution in [0.5, 0.6) is 0 Å². The molecule has 1 heterocycles. The second kappa shape index (κ2) is 9.74. The molecule has 9 heteroatoms. The van der Waals surface area contributed by atoms with Crippen molar-refractivity contribution in [2.45, 2.75) is 24.8 Å². The molecule has 0 aliphatic carbocycles. The van der Waals surface area contributed by atoms with Gasteiger partial charge in [-0.15, -0.1) is 0 Å². The lowest BCUT2D eigenvalue weighted by Gasteiger charge is -2.40. The third-order valence-electron chi connectivity index (χ3n) is 5.87. The summed E-state index contributed by atoms with van der Waals surface area (Å²) in [6.45, 7) is 5.05. The first-order valence-electron chi connectivity index (χ1n) is 10.9. The Morgan fingerprint density at radius 2 is 1.82 bits per heavy atom. The van der Waals surface area contributed by atoms with Crippen LogP contribution in [0.3, 0.4) is 0 Å². The van der Waals surface area contributed by atoms with Gasteiger partial charge < -0.3 is 10.2 Å². The van der Waals surface area contributed by atoms with E-state index in [1.807, 2.05) is 32.0 Å². The van der Waals surface area contributed by atoms with E-state index < -0.39 is 21.7 Å². The first kappa shape index (κ1) is 24.2. The monoisotopic (exact) mass is 501 g/mol. The van der Waals surface area contributed by atoms with Crippen LogP contribution in [0.2, 0.25) is 5.02 Å². The van der Waals surface area contributed by atoms with Gasteiger partial charge in [0, 0.05) is 31.4 Å². The van der Waals surface area contributed by atoms with Gasteiger partial charge in [-0.2, -0.15) is 4.31 Å². The Morgan fingerprint density at radius 3 is 2.53 bits per heavy atom. The van der Waals surface area contributed by atoms with Crippen molar-refractivity contribution in [3.63, 3.8) is 0 Å². The molecule has 1 unspecified atom stereocenters. The summed E-state index contributed by atoms with van der Waals surface area (Å²) in [6, 6.07) is 17.8. The molecule has 3 aromatic carbocycles. The Hall–Kier alpha value is -2.94. The Labute approximate surface area is 204 Å². The smallest absolute Gasteiger partial charge is 0.258 e. The van der Waals surface area contributed by atoms with E-state index in [1.54, 1.807) is 24.3 Å². The molecule has 1 atom stereocenters. The summed E-state index contributed by atoms with van der Waals surface area (Å²) in [4.78, 5) is 14.7. The Balaban J connectivity index is 1.55. The number of piperazine rings is 1. The number of amides is 1. The maximum Gasteiger partial charge on any atom is 0.258 e. The van der Waals surface area contributed by atoms with E-state index in [1.165, 1.54) is 10.4 Å². The van der Waals surface area contributed by atoms with E-state index in [-0.39, 0.29) is 29.6 Å². The van der Waals surface area contributed by atoms with E-state index >= 15 is 0 Å². The highest BCUT2D eigenvalue weighted by molar-refractivity contribution is 7.89.